The van der Waals surface area contributed by atoms with Crippen LogP contribution in [0.15, 0.2) is 0 Å². The van der Waals surface area contributed by atoms with E-state index in [4.69, 9.17) is 5.73 Å². The van der Waals surface area contributed by atoms with E-state index in [1.165, 1.54) is 25.7 Å². The van der Waals surface area contributed by atoms with E-state index in [0.29, 0.717) is 6.04 Å². The van der Waals surface area contributed by atoms with E-state index in [2.05, 4.69) is 12.2 Å². The van der Waals surface area contributed by atoms with Crippen LogP contribution in [0.25, 0.3) is 0 Å². The molecule has 0 aliphatic heterocycles. The van der Waals surface area contributed by atoms with E-state index >= 15 is 0 Å². The molecule has 1 unspecified atom stereocenters. The van der Waals surface area contributed by atoms with Gasteiger partial charge in [0.15, 0.2) is 0 Å². The Balaban J connectivity index is 0.00000225. The largest absolute Gasteiger partial charge is 0.352 e. The molecule has 1 saturated carbocycles. The molecule has 0 aromatic rings. The van der Waals surface area contributed by atoms with Crippen molar-refractivity contribution >= 4 is 18.3 Å². The van der Waals surface area contributed by atoms with Crippen LogP contribution in [0, 0.1) is 5.92 Å². The summed E-state index contributed by atoms with van der Waals surface area (Å²) in [4.78, 5) is 11.4. The summed E-state index contributed by atoms with van der Waals surface area (Å²) in [5.41, 5.74) is 5.52. The first kappa shape index (κ1) is 15.7. The maximum Gasteiger partial charge on any atom is 0.236 e. The second-order valence-electron chi connectivity index (χ2n) is 4.80. The average Bonchev–Trinajstić information content (AvgIpc) is 2.21. The number of hydrogen-bond acceptors (Lipinski definition) is 2. The highest BCUT2D eigenvalue weighted by molar-refractivity contribution is 5.85. The molecule has 3 nitrogen and oxygen atoms in total. The monoisotopic (exact) mass is 248 g/mol. The molecule has 3 N–H and O–H groups in total. The Morgan fingerprint density at radius 2 is 1.94 bits per heavy atom. The molecule has 1 fully saturated rings. The molecule has 0 aromatic heterocycles. The number of rotatable bonds is 4. The summed E-state index contributed by atoms with van der Waals surface area (Å²) in [7, 11) is 0. The normalized spacial score (nSPS) is 26.7. The first-order valence-electron chi connectivity index (χ1n) is 6.19. The summed E-state index contributed by atoms with van der Waals surface area (Å²) in [6, 6.07) is -0.00466. The van der Waals surface area contributed by atoms with Crippen LogP contribution in [0.1, 0.15) is 52.4 Å². The molecule has 0 spiro atoms. The third kappa shape index (κ3) is 5.17. The molecule has 0 bridgehead atoms. The molecule has 0 aromatic carbocycles. The first-order valence-corrected chi connectivity index (χ1v) is 6.19. The zero-order valence-electron chi connectivity index (χ0n) is 10.4. The Hall–Kier alpha value is -0.280. The van der Waals surface area contributed by atoms with Gasteiger partial charge in [0.2, 0.25) is 5.91 Å². The van der Waals surface area contributed by atoms with Crippen LogP contribution in [0.5, 0.6) is 0 Å². The summed E-state index contributed by atoms with van der Waals surface area (Å²) in [6.07, 6.45) is 7.40. The second kappa shape index (κ2) is 7.91. The van der Waals surface area contributed by atoms with E-state index in [1.54, 1.807) is 6.92 Å². The van der Waals surface area contributed by atoms with Gasteiger partial charge >= 0.3 is 0 Å². The van der Waals surface area contributed by atoms with E-state index in [0.717, 1.165) is 18.8 Å². The van der Waals surface area contributed by atoms with Crippen molar-refractivity contribution in [2.45, 2.75) is 64.5 Å². The Morgan fingerprint density at radius 3 is 2.38 bits per heavy atom. The van der Waals surface area contributed by atoms with Crippen molar-refractivity contribution < 1.29 is 4.79 Å². The number of nitrogens with two attached hydrogens (primary N) is 1. The fourth-order valence-corrected chi connectivity index (χ4v) is 2.34. The average molecular weight is 249 g/mol. The molecule has 1 atom stereocenters. The van der Waals surface area contributed by atoms with Gasteiger partial charge in [0, 0.05) is 6.04 Å². The van der Waals surface area contributed by atoms with Crippen molar-refractivity contribution in [3.05, 3.63) is 0 Å². The number of amides is 1. The third-order valence-corrected chi connectivity index (χ3v) is 3.30. The quantitative estimate of drug-likeness (QED) is 0.802. The molecule has 1 aliphatic carbocycles. The minimum atomic E-state index is -0.377. The van der Waals surface area contributed by atoms with Crippen LogP contribution >= 0.6 is 12.4 Å². The van der Waals surface area contributed by atoms with Gasteiger partial charge in [-0.25, -0.2) is 0 Å². The molecular weight excluding hydrogens is 224 g/mol. The van der Waals surface area contributed by atoms with Gasteiger partial charge in [0.25, 0.3) is 0 Å². The van der Waals surface area contributed by atoms with Crippen LogP contribution in [-0.2, 0) is 4.79 Å². The second-order valence-corrected chi connectivity index (χ2v) is 4.80. The van der Waals surface area contributed by atoms with Crippen LogP contribution in [0.2, 0.25) is 0 Å². The van der Waals surface area contributed by atoms with Crippen molar-refractivity contribution in [3.8, 4) is 0 Å². The van der Waals surface area contributed by atoms with E-state index in [1.807, 2.05) is 0 Å². The molecule has 4 heteroatoms. The van der Waals surface area contributed by atoms with Crippen molar-refractivity contribution in [3.63, 3.8) is 0 Å². The number of halogens is 1. The van der Waals surface area contributed by atoms with Gasteiger partial charge in [0.05, 0.1) is 6.04 Å². The Bertz CT molecular complexity index is 201. The number of carbonyl (C=O) groups excluding carboxylic acids is 1. The topological polar surface area (TPSA) is 55.1 Å². The molecular formula is C12H25ClN2O. The van der Waals surface area contributed by atoms with E-state index in [9.17, 15) is 4.79 Å². The lowest BCUT2D eigenvalue weighted by molar-refractivity contribution is -0.122. The highest BCUT2D eigenvalue weighted by atomic mass is 35.5. The van der Waals surface area contributed by atoms with Crippen LogP contribution in [0.3, 0.4) is 0 Å². The molecule has 1 rings (SSSR count). The zero-order chi connectivity index (χ0) is 11.3. The Morgan fingerprint density at radius 1 is 1.38 bits per heavy atom. The summed E-state index contributed by atoms with van der Waals surface area (Å²) < 4.78 is 0. The standard InChI is InChI=1S/C12H24N2O.ClH/c1-3-4-10-5-7-11(8-6-10)14-12(15)9(2)13;/h9-11H,3-8,13H2,1-2H3,(H,14,15);1H. The van der Waals surface area contributed by atoms with E-state index < -0.39 is 0 Å². The van der Waals surface area contributed by atoms with Gasteiger partial charge in [0.1, 0.15) is 0 Å². The molecule has 0 heterocycles. The fraction of sp³-hybridized carbons (Fsp3) is 0.917. The molecule has 1 amide bonds. The van der Waals surface area contributed by atoms with Crippen molar-refractivity contribution in [1.82, 2.24) is 5.32 Å². The van der Waals surface area contributed by atoms with Gasteiger partial charge in [-0.05, 0) is 38.5 Å². The minimum absolute atomic E-state index is 0. The maximum absolute atomic E-state index is 11.4. The van der Waals surface area contributed by atoms with Crippen molar-refractivity contribution in [2.75, 3.05) is 0 Å². The summed E-state index contributed by atoms with van der Waals surface area (Å²) in [5.74, 6) is 0.882. The Labute approximate surface area is 105 Å². The van der Waals surface area contributed by atoms with Crippen LogP contribution in [0.4, 0.5) is 0 Å². The van der Waals surface area contributed by atoms with Gasteiger partial charge in [-0.1, -0.05) is 19.8 Å². The molecule has 1 aliphatic rings. The third-order valence-electron chi connectivity index (χ3n) is 3.30. The highest BCUT2D eigenvalue weighted by Gasteiger charge is 2.22. The lowest BCUT2D eigenvalue weighted by Crippen LogP contribution is -2.45. The zero-order valence-corrected chi connectivity index (χ0v) is 11.2. The van der Waals surface area contributed by atoms with Gasteiger partial charge in [-0.2, -0.15) is 0 Å². The summed E-state index contributed by atoms with van der Waals surface area (Å²) in [5, 5.41) is 3.02. The van der Waals surface area contributed by atoms with Crippen LogP contribution < -0.4 is 11.1 Å². The SMILES string of the molecule is CCCC1CCC(NC(=O)C(C)N)CC1.Cl. The highest BCUT2D eigenvalue weighted by Crippen LogP contribution is 2.27. The predicted octanol–water partition coefficient (Wildman–Crippen LogP) is 2.23. The van der Waals surface area contributed by atoms with Gasteiger partial charge in [-0.3, -0.25) is 4.79 Å². The first-order chi connectivity index (χ1) is 7.13. The van der Waals surface area contributed by atoms with Crippen molar-refractivity contribution in [1.29, 1.82) is 0 Å². The molecule has 0 saturated heterocycles. The van der Waals surface area contributed by atoms with Gasteiger partial charge < -0.3 is 11.1 Å². The van der Waals surface area contributed by atoms with E-state index in [-0.39, 0.29) is 24.4 Å². The number of nitrogens with one attached hydrogen (secondary N) is 1. The maximum atomic E-state index is 11.4. The number of carbonyl (C=O) groups is 1. The minimum Gasteiger partial charge on any atom is -0.352 e. The smallest absolute Gasteiger partial charge is 0.236 e. The Kier molecular flexibility index (Phi) is 7.77. The lowest BCUT2D eigenvalue weighted by Gasteiger charge is -2.29. The molecule has 96 valence electrons. The number of hydrogen-bond donors (Lipinski definition) is 2. The fourth-order valence-electron chi connectivity index (χ4n) is 2.34. The summed E-state index contributed by atoms with van der Waals surface area (Å²) >= 11 is 0. The summed E-state index contributed by atoms with van der Waals surface area (Å²) in [6.45, 7) is 3.97. The lowest BCUT2D eigenvalue weighted by atomic mass is 9.83. The van der Waals surface area contributed by atoms with Gasteiger partial charge in [-0.15, -0.1) is 12.4 Å². The van der Waals surface area contributed by atoms with Crippen molar-refractivity contribution in [2.24, 2.45) is 11.7 Å². The predicted molar refractivity (Wildman–Crippen MR) is 69.7 cm³/mol. The molecule has 16 heavy (non-hydrogen) atoms. The van der Waals surface area contributed by atoms with Crippen LogP contribution in [-0.4, -0.2) is 18.0 Å². The molecule has 0 radical (unpaired) electrons.